The van der Waals surface area contributed by atoms with E-state index >= 15 is 0 Å². The van der Waals surface area contributed by atoms with Gasteiger partial charge in [0.2, 0.25) is 0 Å². The van der Waals surface area contributed by atoms with Gasteiger partial charge in [-0.15, -0.1) is 10.2 Å². The maximum absolute atomic E-state index is 4.80. The van der Waals surface area contributed by atoms with Crippen LogP contribution in [0.15, 0.2) is 11.3 Å². The quantitative estimate of drug-likeness (QED) is 0.640. The van der Waals surface area contributed by atoms with Crippen LogP contribution in [0.3, 0.4) is 0 Å². The number of nitrogens with zero attached hydrogens (tertiary/aromatic N) is 5. The molecule has 0 radical (unpaired) electrons. The predicted molar refractivity (Wildman–Crippen MR) is 85.4 cm³/mol. The molecule has 6 heteroatoms. The second-order valence-corrected chi connectivity index (χ2v) is 5.65. The molecule has 0 amide bonds. The van der Waals surface area contributed by atoms with Crippen LogP contribution in [-0.4, -0.2) is 51.3 Å². The van der Waals surface area contributed by atoms with Gasteiger partial charge in [-0.1, -0.05) is 13.8 Å². The Morgan fingerprint density at radius 1 is 1.38 bits per heavy atom. The van der Waals surface area contributed by atoms with E-state index in [1.54, 1.807) is 6.33 Å². The Kier molecular flexibility index (Phi) is 6.02. The van der Waals surface area contributed by atoms with Crippen molar-refractivity contribution in [1.29, 1.82) is 0 Å². The van der Waals surface area contributed by atoms with E-state index in [1.165, 1.54) is 12.8 Å². The van der Waals surface area contributed by atoms with E-state index in [-0.39, 0.29) is 0 Å². The van der Waals surface area contributed by atoms with Crippen LogP contribution in [0.25, 0.3) is 0 Å². The molecule has 2 heterocycles. The van der Waals surface area contributed by atoms with Crippen molar-refractivity contribution in [3.8, 4) is 0 Å². The minimum absolute atomic E-state index is 0.463. The Hall–Kier alpha value is -1.59. The zero-order chi connectivity index (χ0) is 15.1. The summed E-state index contributed by atoms with van der Waals surface area (Å²) in [6.45, 7) is 10.4. The predicted octanol–water partition coefficient (Wildman–Crippen LogP) is 1.68. The fourth-order valence-corrected chi connectivity index (χ4v) is 2.49. The summed E-state index contributed by atoms with van der Waals surface area (Å²) in [6.07, 6.45) is 6.36. The average Bonchev–Trinajstić information content (AvgIpc) is 3.17. The van der Waals surface area contributed by atoms with Crippen LogP contribution in [0.5, 0.6) is 0 Å². The Morgan fingerprint density at radius 3 is 2.81 bits per heavy atom. The summed E-state index contributed by atoms with van der Waals surface area (Å²) in [5.74, 6) is 2.09. The Morgan fingerprint density at radius 2 is 2.14 bits per heavy atom. The first-order valence-electron chi connectivity index (χ1n) is 8.17. The number of guanidine groups is 1. The molecule has 0 aliphatic carbocycles. The molecule has 1 unspecified atom stereocenters. The smallest absolute Gasteiger partial charge is 0.194 e. The molecule has 1 aromatic rings. The van der Waals surface area contributed by atoms with Crippen molar-refractivity contribution >= 4 is 5.96 Å². The molecule has 118 valence electrons. The highest BCUT2D eigenvalue weighted by molar-refractivity contribution is 5.80. The molecule has 6 nitrogen and oxygen atoms in total. The zero-order valence-electron chi connectivity index (χ0n) is 13.5. The number of aliphatic imine (C=N–C) groups is 1. The van der Waals surface area contributed by atoms with Gasteiger partial charge in [-0.05, 0) is 26.2 Å². The Balaban J connectivity index is 1.95. The highest BCUT2D eigenvalue weighted by Crippen LogP contribution is 2.08. The number of aromatic nitrogens is 3. The molecule has 0 bridgehead atoms. The SMILES string of the molecule is CCc1nncn1CCN=C(NC(C)CC)N1CCCC1. The van der Waals surface area contributed by atoms with Crippen molar-refractivity contribution in [3.05, 3.63) is 12.2 Å². The molecule has 1 N–H and O–H groups in total. The van der Waals surface area contributed by atoms with Gasteiger partial charge >= 0.3 is 0 Å². The Bertz CT molecular complexity index is 447. The standard InChI is InChI=1S/C15H28N6/c1-4-13(3)18-15(20-9-6-7-10-20)16-8-11-21-12-17-19-14(21)5-2/h12-13H,4-11H2,1-3H3,(H,16,18). The zero-order valence-corrected chi connectivity index (χ0v) is 13.5. The van der Waals surface area contributed by atoms with Crippen LogP contribution < -0.4 is 5.32 Å². The normalized spacial score (nSPS) is 17.3. The van der Waals surface area contributed by atoms with Crippen molar-refractivity contribution in [2.24, 2.45) is 4.99 Å². The monoisotopic (exact) mass is 292 g/mol. The maximum Gasteiger partial charge on any atom is 0.194 e. The highest BCUT2D eigenvalue weighted by atomic mass is 15.3. The third-order valence-electron chi connectivity index (χ3n) is 4.01. The first kappa shape index (κ1) is 15.8. The largest absolute Gasteiger partial charge is 0.354 e. The van der Waals surface area contributed by atoms with E-state index in [2.05, 4.69) is 45.8 Å². The lowest BCUT2D eigenvalue weighted by molar-refractivity contribution is 0.471. The average molecular weight is 292 g/mol. The van der Waals surface area contributed by atoms with Crippen molar-refractivity contribution in [3.63, 3.8) is 0 Å². The first-order chi connectivity index (χ1) is 10.2. The molecule has 21 heavy (non-hydrogen) atoms. The van der Waals surface area contributed by atoms with Crippen LogP contribution in [0.1, 0.15) is 45.9 Å². The third-order valence-corrected chi connectivity index (χ3v) is 4.01. The van der Waals surface area contributed by atoms with E-state index in [0.717, 1.165) is 50.8 Å². The van der Waals surface area contributed by atoms with Crippen molar-refractivity contribution in [2.45, 2.75) is 59.0 Å². The van der Waals surface area contributed by atoms with Gasteiger partial charge in [0.05, 0.1) is 6.54 Å². The van der Waals surface area contributed by atoms with Gasteiger partial charge in [0, 0.05) is 32.1 Å². The van der Waals surface area contributed by atoms with Crippen molar-refractivity contribution < 1.29 is 0 Å². The van der Waals surface area contributed by atoms with Gasteiger partial charge in [-0.2, -0.15) is 0 Å². The maximum atomic E-state index is 4.80. The van der Waals surface area contributed by atoms with Crippen molar-refractivity contribution in [2.75, 3.05) is 19.6 Å². The van der Waals surface area contributed by atoms with E-state index < -0.39 is 0 Å². The minimum atomic E-state index is 0.463. The number of hydrogen-bond donors (Lipinski definition) is 1. The number of rotatable bonds is 6. The van der Waals surface area contributed by atoms with E-state index in [9.17, 15) is 0 Å². The van der Waals surface area contributed by atoms with Crippen LogP contribution in [-0.2, 0) is 13.0 Å². The van der Waals surface area contributed by atoms with Gasteiger partial charge in [0.25, 0.3) is 0 Å². The molecular weight excluding hydrogens is 264 g/mol. The van der Waals surface area contributed by atoms with Gasteiger partial charge in [0.1, 0.15) is 12.2 Å². The molecular formula is C15H28N6. The lowest BCUT2D eigenvalue weighted by atomic mass is 10.3. The fraction of sp³-hybridized carbons (Fsp3) is 0.800. The topological polar surface area (TPSA) is 58.3 Å². The van der Waals surface area contributed by atoms with Crippen molar-refractivity contribution in [1.82, 2.24) is 25.0 Å². The van der Waals surface area contributed by atoms with Gasteiger partial charge < -0.3 is 14.8 Å². The fourth-order valence-electron chi connectivity index (χ4n) is 2.49. The summed E-state index contributed by atoms with van der Waals surface area (Å²) in [6, 6.07) is 0.463. The van der Waals surface area contributed by atoms with Crippen LogP contribution >= 0.6 is 0 Å². The van der Waals surface area contributed by atoms with E-state index in [0.29, 0.717) is 6.04 Å². The first-order valence-corrected chi connectivity index (χ1v) is 8.17. The van der Waals surface area contributed by atoms with E-state index in [1.807, 2.05) is 0 Å². The van der Waals surface area contributed by atoms with Gasteiger partial charge in [-0.25, -0.2) is 0 Å². The summed E-state index contributed by atoms with van der Waals surface area (Å²) in [5.41, 5.74) is 0. The van der Waals surface area contributed by atoms with Crippen LogP contribution in [0.4, 0.5) is 0 Å². The summed E-state index contributed by atoms with van der Waals surface area (Å²) < 4.78 is 2.09. The molecule has 0 spiro atoms. The summed E-state index contributed by atoms with van der Waals surface area (Å²) in [4.78, 5) is 7.17. The van der Waals surface area contributed by atoms with Crippen LogP contribution in [0, 0.1) is 0 Å². The molecule has 1 aliphatic rings. The molecule has 2 rings (SSSR count). The number of hydrogen-bond acceptors (Lipinski definition) is 3. The lowest BCUT2D eigenvalue weighted by Gasteiger charge is -2.24. The van der Waals surface area contributed by atoms with Gasteiger partial charge in [0.15, 0.2) is 5.96 Å². The molecule has 1 atom stereocenters. The second-order valence-electron chi connectivity index (χ2n) is 5.65. The number of nitrogens with one attached hydrogen (secondary N) is 1. The molecule has 1 aromatic heterocycles. The molecule has 1 fully saturated rings. The third kappa shape index (κ3) is 4.44. The number of aryl methyl sites for hydroxylation is 1. The second kappa shape index (κ2) is 8.00. The molecule has 0 saturated carbocycles. The Labute approximate surface area is 127 Å². The summed E-state index contributed by atoms with van der Waals surface area (Å²) in [7, 11) is 0. The summed E-state index contributed by atoms with van der Waals surface area (Å²) >= 11 is 0. The molecule has 0 aromatic carbocycles. The molecule has 1 saturated heterocycles. The van der Waals surface area contributed by atoms with Crippen LogP contribution in [0.2, 0.25) is 0 Å². The number of likely N-dealkylation sites (tertiary alicyclic amines) is 1. The summed E-state index contributed by atoms with van der Waals surface area (Å²) in [5, 5.41) is 11.6. The minimum Gasteiger partial charge on any atom is -0.354 e. The van der Waals surface area contributed by atoms with E-state index in [4.69, 9.17) is 4.99 Å². The van der Waals surface area contributed by atoms with Gasteiger partial charge in [-0.3, -0.25) is 4.99 Å². The lowest BCUT2D eigenvalue weighted by Crippen LogP contribution is -2.43. The molecule has 1 aliphatic heterocycles. The highest BCUT2D eigenvalue weighted by Gasteiger charge is 2.17.